The van der Waals surface area contributed by atoms with Crippen LogP contribution in [0.5, 0.6) is 0 Å². The number of unbranched alkanes of at least 4 members (excludes halogenated alkanes) is 12. The molecule has 2 nitrogen and oxygen atoms in total. The largest absolute Gasteiger partial charge is 0.462 e. The monoisotopic (exact) mass is 665 g/mol. The van der Waals surface area contributed by atoms with Gasteiger partial charge in [-0.1, -0.05) is 157 Å². The van der Waals surface area contributed by atoms with Gasteiger partial charge in [0.2, 0.25) is 0 Å². The van der Waals surface area contributed by atoms with E-state index in [0.29, 0.717) is 39.4 Å². The van der Waals surface area contributed by atoms with Gasteiger partial charge in [-0.3, -0.25) is 4.79 Å². The molecule has 0 spiro atoms. The molecule has 5 aliphatic rings. The van der Waals surface area contributed by atoms with Crippen molar-refractivity contribution in [3.05, 3.63) is 11.6 Å². The van der Waals surface area contributed by atoms with Crippen molar-refractivity contribution in [2.45, 2.75) is 223 Å². The minimum Gasteiger partial charge on any atom is -0.462 e. The molecule has 48 heavy (non-hydrogen) atoms. The highest BCUT2D eigenvalue weighted by molar-refractivity contribution is 5.69. The number of allylic oxidation sites excluding steroid dienone is 2. The van der Waals surface area contributed by atoms with Gasteiger partial charge in [0, 0.05) is 11.8 Å². The molecule has 0 aromatic rings. The molecule has 0 heterocycles. The molecule has 4 saturated carbocycles. The lowest BCUT2D eigenvalue weighted by Gasteiger charge is -2.72. The van der Waals surface area contributed by atoms with Gasteiger partial charge in [-0.15, -0.1) is 0 Å². The van der Waals surface area contributed by atoms with Crippen molar-refractivity contribution in [3.63, 3.8) is 0 Å². The topological polar surface area (TPSA) is 26.3 Å². The van der Waals surface area contributed by atoms with E-state index in [2.05, 4.69) is 68.4 Å². The Morgan fingerprint density at radius 2 is 1.27 bits per heavy atom. The lowest BCUT2D eigenvalue weighted by atomic mass is 9.33. The highest BCUT2D eigenvalue weighted by atomic mass is 16.5. The second-order valence-corrected chi connectivity index (χ2v) is 20.4. The number of carbonyl (C=O) groups is 1. The van der Waals surface area contributed by atoms with Crippen LogP contribution in [0, 0.1) is 50.2 Å². The average Bonchev–Trinajstić information content (AvgIpc) is 3.02. The van der Waals surface area contributed by atoms with Gasteiger partial charge in [0.25, 0.3) is 0 Å². The molecule has 2 heteroatoms. The Kier molecular flexibility index (Phi) is 12.1. The van der Waals surface area contributed by atoms with Crippen molar-refractivity contribution < 1.29 is 9.53 Å². The first-order valence-corrected chi connectivity index (χ1v) is 21.6. The number of esters is 1. The first-order valence-electron chi connectivity index (χ1n) is 21.6. The normalized spacial score (nSPS) is 39.7. The lowest BCUT2D eigenvalue weighted by Crippen LogP contribution is -2.65. The van der Waals surface area contributed by atoms with Gasteiger partial charge >= 0.3 is 5.97 Å². The molecule has 0 aromatic carbocycles. The van der Waals surface area contributed by atoms with E-state index in [-0.39, 0.29) is 17.5 Å². The van der Waals surface area contributed by atoms with Crippen LogP contribution in [-0.2, 0) is 9.53 Å². The van der Waals surface area contributed by atoms with Crippen molar-refractivity contribution in [3.8, 4) is 0 Å². The fourth-order valence-corrected chi connectivity index (χ4v) is 13.5. The second kappa shape index (κ2) is 15.1. The zero-order valence-electron chi connectivity index (χ0n) is 33.7. The van der Waals surface area contributed by atoms with Crippen LogP contribution in [-0.4, -0.2) is 12.1 Å². The van der Waals surface area contributed by atoms with E-state index in [4.69, 9.17) is 4.74 Å². The molecule has 0 saturated heterocycles. The van der Waals surface area contributed by atoms with Crippen LogP contribution < -0.4 is 0 Å². The summed E-state index contributed by atoms with van der Waals surface area (Å²) in [4.78, 5) is 13.2. The predicted molar refractivity (Wildman–Crippen MR) is 205 cm³/mol. The molecule has 8 atom stereocenters. The van der Waals surface area contributed by atoms with Crippen LogP contribution in [0.15, 0.2) is 11.6 Å². The zero-order chi connectivity index (χ0) is 34.8. The predicted octanol–water partition coefficient (Wildman–Crippen LogP) is 14.2. The first-order chi connectivity index (χ1) is 22.7. The van der Waals surface area contributed by atoms with Crippen molar-refractivity contribution in [2.24, 2.45) is 50.2 Å². The van der Waals surface area contributed by atoms with Crippen LogP contribution in [0.1, 0.15) is 216 Å². The van der Waals surface area contributed by atoms with Gasteiger partial charge in [0.15, 0.2) is 0 Å². The summed E-state index contributed by atoms with van der Waals surface area (Å²) in [5.41, 5.74) is 3.78. The number of fused-ring (bicyclic) bond motifs is 7. The fourth-order valence-electron chi connectivity index (χ4n) is 13.5. The van der Waals surface area contributed by atoms with Gasteiger partial charge in [-0.2, -0.15) is 0 Å². The third-order valence-corrected chi connectivity index (χ3v) is 17.3. The first kappa shape index (κ1) is 38.4. The van der Waals surface area contributed by atoms with E-state index in [9.17, 15) is 4.79 Å². The summed E-state index contributed by atoms with van der Waals surface area (Å²) in [6.45, 7) is 23.2. The molecule has 4 fully saturated rings. The minimum atomic E-state index is 0.0312. The van der Waals surface area contributed by atoms with Crippen LogP contribution in [0.25, 0.3) is 0 Å². The molecule has 5 rings (SSSR count). The second-order valence-electron chi connectivity index (χ2n) is 20.4. The van der Waals surface area contributed by atoms with Crippen molar-refractivity contribution in [1.82, 2.24) is 0 Å². The quantitative estimate of drug-likeness (QED) is 0.0989. The Bertz CT molecular complexity index is 1120. The third kappa shape index (κ3) is 6.89. The van der Waals surface area contributed by atoms with E-state index in [1.807, 2.05) is 5.57 Å². The maximum absolute atomic E-state index is 13.2. The highest BCUT2D eigenvalue weighted by Crippen LogP contribution is 2.76. The molecular weight excluding hydrogens is 585 g/mol. The maximum atomic E-state index is 13.2. The summed E-state index contributed by atoms with van der Waals surface area (Å²) in [7, 11) is 0. The SMILES string of the molecule is CCCCCCCCCCCCCCCC(=O)OC1CC[C@@]2(C)C(CC[C@]3(C)C2CC=C2C4CCCC(C)(C)[C@@]4(C)CC[C@]23C)C1(C)C. The van der Waals surface area contributed by atoms with Crippen LogP contribution in [0.3, 0.4) is 0 Å². The summed E-state index contributed by atoms with van der Waals surface area (Å²) < 4.78 is 6.41. The van der Waals surface area contributed by atoms with Gasteiger partial charge < -0.3 is 4.74 Å². The van der Waals surface area contributed by atoms with Gasteiger partial charge in [0.1, 0.15) is 6.10 Å². The molecule has 5 aliphatic carbocycles. The van der Waals surface area contributed by atoms with Crippen molar-refractivity contribution in [2.75, 3.05) is 0 Å². The van der Waals surface area contributed by atoms with E-state index >= 15 is 0 Å². The molecule has 0 bridgehead atoms. The van der Waals surface area contributed by atoms with Crippen molar-refractivity contribution >= 4 is 5.97 Å². The van der Waals surface area contributed by atoms with Crippen LogP contribution in [0.2, 0.25) is 0 Å². The Morgan fingerprint density at radius 3 is 1.90 bits per heavy atom. The Labute approximate surface area is 299 Å². The maximum Gasteiger partial charge on any atom is 0.306 e. The number of ether oxygens (including phenoxy) is 1. The summed E-state index contributed by atoms with van der Waals surface area (Å²) in [5.74, 6) is 2.18. The Balaban J connectivity index is 1.12. The number of rotatable bonds is 15. The van der Waals surface area contributed by atoms with E-state index in [1.54, 1.807) is 0 Å². The molecule has 0 aliphatic heterocycles. The van der Waals surface area contributed by atoms with E-state index < -0.39 is 0 Å². The summed E-state index contributed by atoms with van der Waals surface area (Å²) >= 11 is 0. The Hall–Kier alpha value is -0.790. The van der Waals surface area contributed by atoms with E-state index in [0.717, 1.165) is 24.7 Å². The Morgan fingerprint density at radius 1 is 0.667 bits per heavy atom. The van der Waals surface area contributed by atoms with Gasteiger partial charge in [-0.05, 0) is 109 Å². The van der Waals surface area contributed by atoms with Crippen LogP contribution in [0.4, 0.5) is 0 Å². The summed E-state index contributed by atoms with van der Waals surface area (Å²) in [6, 6.07) is 0. The molecule has 276 valence electrons. The molecule has 0 aromatic heterocycles. The van der Waals surface area contributed by atoms with E-state index in [1.165, 1.54) is 135 Å². The molecular formula is C46H80O2. The molecule has 0 N–H and O–H groups in total. The molecule has 4 unspecified atom stereocenters. The molecule has 0 amide bonds. The lowest BCUT2D eigenvalue weighted by molar-refractivity contribution is -0.214. The molecule has 0 radical (unpaired) electrons. The number of carbonyl (C=O) groups excluding carboxylic acids is 1. The standard InChI is InChI=1S/C46H80O2/c1-10-11-12-13-14-15-16-17-18-19-20-21-22-25-40(47)48-39-29-31-43(6)37(42(39,4)5)28-32-46(9)38(43)27-26-36-35-24-23-30-41(2,3)44(35,7)33-34-45(36,46)8/h26,35,37-39H,10-25,27-34H2,1-9H3/t35?,37?,38?,39?,43-,44-,45+,46+/m0/s1. The zero-order valence-corrected chi connectivity index (χ0v) is 33.7. The minimum absolute atomic E-state index is 0.0312. The van der Waals surface area contributed by atoms with Crippen molar-refractivity contribution in [1.29, 1.82) is 0 Å². The fraction of sp³-hybridized carbons (Fsp3) is 0.935. The highest BCUT2D eigenvalue weighted by Gasteiger charge is 2.68. The van der Waals surface area contributed by atoms with Gasteiger partial charge in [0.05, 0.1) is 0 Å². The summed E-state index contributed by atoms with van der Waals surface area (Å²) in [6.07, 6.45) is 34.0. The third-order valence-electron chi connectivity index (χ3n) is 17.3. The number of hydrogen-bond donors (Lipinski definition) is 0. The number of hydrogen-bond acceptors (Lipinski definition) is 2. The average molecular weight is 665 g/mol. The smallest absolute Gasteiger partial charge is 0.306 e. The van der Waals surface area contributed by atoms with Crippen LogP contribution >= 0.6 is 0 Å². The van der Waals surface area contributed by atoms with Gasteiger partial charge in [-0.25, -0.2) is 0 Å². The summed E-state index contributed by atoms with van der Waals surface area (Å²) in [5, 5.41) is 0.